The summed E-state index contributed by atoms with van der Waals surface area (Å²) in [4.78, 5) is 12.6. The lowest BCUT2D eigenvalue weighted by molar-refractivity contribution is -0.126. The highest BCUT2D eigenvalue weighted by atomic mass is 32.2. The van der Waals surface area contributed by atoms with Gasteiger partial charge in [-0.05, 0) is 38.0 Å². The zero-order chi connectivity index (χ0) is 20.1. The Morgan fingerprint density at radius 2 is 1.93 bits per heavy atom. The summed E-state index contributed by atoms with van der Waals surface area (Å²) in [6.45, 7) is 2.36. The fourth-order valence-electron chi connectivity index (χ4n) is 3.07. The van der Waals surface area contributed by atoms with Crippen LogP contribution in [-0.2, 0) is 14.8 Å². The van der Waals surface area contributed by atoms with E-state index in [2.05, 4.69) is 10.5 Å². The van der Waals surface area contributed by atoms with Crippen LogP contribution < -0.4 is 5.43 Å². The predicted molar refractivity (Wildman–Crippen MR) is 105 cm³/mol. The molecule has 0 saturated carbocycles. The van der Waals surface area contributed by atoms with Crippen molar-refractivity contribution in [1.29, 1.82) is 0 Å². The largest absolute Gasteiger partial charge is 0.273 e. The van der Waals surface area contributed by atoms with E-state index < -0.39 is 21.8 Å². The molecule has 1 amide bonds. The molecule has 2 aromatic rings. The van der Waals surface area contributed by atoms with Crippen molar-refractivity contribution in [3.05, 3.63) is 65.5 Å². The second kappa shape index (κ2) is 8.62. The summed E-state index contributed by atoms with van der Waals surface area (Å²) in [7, 11) is -3.65. The Balaban J connectivity index is 1.65. The first-order chi connectivity index (χ1) is 13.4. The molecule has 28 heavy (non-hydrogen) atoms. The predicted octanol–water partition coefficient (Wildman–Crippen LogP) is 2.69. The minimum Gasteiger partial charge on any atom is -0.273 e. The summed E-state index contributed by atoms with van der Waals surface area (Å²) in [5.74, 6) is -1.32. The fraction of sp³-hybridized carbons (Fsp3) is 0.300. The highest BCUT2D eigenvalue weighted by Gasteiger charge is 2.33. The Morgan fingerprint density at radius 3 is 2.64 bits per heavy atom. The Bertz CT molecular complexity index is 974. The van der Waals surface area contributed by atoms with Crippen LogP contribution in [0.1, 0.15) is 24.0 Å². The number of aryl methyl sites for hydroxylation is 1. The molecule has 0 spiro atoms. The molecule has 1 heterocycles. The van der Waals surface area contributed by atoms with Gasteiger partial charge >= 0.3 is 0 Å². The van der Waals surface area contributed by atoms with Crippen LogP contribution in [0.15, 0.2) is 58.5 Å². The number of nitrogens with one attached hydrogen (secondary N) is 1. The van der Waals surface area contributed by atoms with Crippen molar-refractivity contribution >= 4 is 22.1 Å². The molecule has 1 aliphatic heterocycles. The second-order valence-electron chi connectivity index (χ2n) is 6.77. The van der Waals surface area contributed by atoms with Gasteiger partial charge in [0, 0.05) is 18.7 Å². The van der Waals surface area contributed by atoms with Gasteiger partial charge in [-0.15, -0.1) is 0 Å². The molecule has 1 atom stereocenters. The van der Waals surface area contributed by atoms with E-state index in [1.165, 1.54) is 16.6 Å². The molecule has 1 fully saturated rings. The zero-order valence-corrected chi connectivity index (χ0v) is 16.3. The van der Waals surface area contributed by atoms with Gasteiger partial charge in [-0.25, -0.2) is 18.2 Å². The quantitative estimate of drug-likeness (QED) is 0.616. The van der Waals surface area contributed by atoms with Crippen molar-refractivity contribution in [2.24, 2.45) is 11.0 Å². The molecule has 1 aliphatic rings. The number of benzene rings is 2. The maximum Gasteiger partial charge on any atom is 0.244 e. The summed E-state index contributed by atoms with van der Waals surface area (Å²) >= 11 is 0. The van der Waals surface area contributed by atoms with Crippen molar-refractivity contribution < 1.29 is 17.6 Å². The van der Waals surface area contributed by atoms with Gasteiger partial charge in [0.25, 0.3) is 0 Å². The highest BCUT2D eigenvalue weighted by molar-refractivity contribution is 7.89. The van der Waals surface area contributed by atoms with Crippen LogP contribution in [0.2, 0.25) is 0 Å². The van der Waals surface area contributed by atoms with Crippen LogP contribution in [0.4, 0.5) is 4.39 Å². The lowest BCUT2D eigenvalue weighted by atomic mass is 9.99. The van der Waals surface area contributed by atoms with E-state index in [1.807, 2.05) is 6.92 Å². The minimum atomic E-state index is -3.65. The maximum atomic E-state index is 13.6. The number of rotatable bonds is 5. The molecule has 3 rings (SSSR count). The van der Waals surface area contributed by atoms with Crippen molar-refractivity contribution in [2.45, 2.75) is 24.7 Å². The lowest BCUT2D eigenvalue weighted by Gasteiger charge is -2.30. The standard InChI is InChI=1S/C20H22FN3O3S/c1-15-8-10-18(11-9-15)28(26,27)24-12-4-6-17(14-24)20(25)23-22-13-16-5-2-3-7-19(16)21/h2-3,5,7-11,13,17H,4,6,12,14H2,1H3,(H,23,25)/b22-13-/t17-/m0/s1. The van der Waals surface area contributed by atoms with E-state index in [-0.39, 0.29) is 22.9 Å². The number of amides is 1. The summed E-state index contributed by atoms with van der Waals surface area (Å²) in [6, 6.07) is 12.7. The van der Waals surface area contributed by atoms with E-state index in [9.17, 15) is 17.6 Å². The van der Waals surface area contributed by atoms with Crippen molar-refractivity contribution in [2.75, 3.05) is 13.1 Å². The summed E-state index contributed by atoms with van der Waals surface area (Å²) in [6.07, 6.45) is 2.39. The fourth-order valence-corrected chi connectivity index (χ4v) is 4.59. The number of carbonyl (C=O) groups is 1. The Morgan fingerprint density at radius 1 is 1.21 bits per heavy atom. The van der Waals surface area contributed by atoms with Crippen LogP contribution in [-0.4, -0.2) is 37.9 Å². The third kappa shape index (κ3) is 4.63. The van der Waals surface area contributed by atoms with E-state index in [0.717, 1.165) is 5.56 Å². The number of hydrazone groups is 1. The van der Waals surface area contributed by atoms with Gasteiger partial charge in [-0.3, -0.25) is 4.79 Å². The van der Waals surface area contributed by atoms with Gasteiger partial charge in [-0.1, -0.05) is 35.9 Å². The number of halogens is 1. The molecule has 0 aliphatic carbocycles. The lowest BCUT2D eigenvalue weighted by Crippen LogP contribution is -2.44. The summed E-state index contributed by atoms with van der Waals surface area (Å²) in [5.41, 5.74) is 3.62. The number of hydrogen-bond donors (Lipinski definition) is 1. The monoisotopic (exact) mass is 403 g/mol. The van der Waals surface area contributed by atoms with Crippen LogP contribution in [0.25, 0.3) is 0 Å². The smallest absolute Gasteiger partial charge is 0.244 e. The first kappa shape index (κ1) is 20.2. The second-order valence-corrected chi connectivity index (χ2v) is 8.71. The molecular formula is C20H22FN3O3S. The summed E-state index contributed by atoms with van der Waals surface area (Å²) < 4.78 is 40.6. The average molecular weight is 403 g/mol. The molecule has 1 N–H and O–H groups in total. The SMILES string of the molecule is Cc1ccc(S(=O)(=O)N2CCC[C@H](C(=O)N/N=C\c3ccccc3F)C2)cc1. The number of nitrogens with zero attached hydrogens (tertiary/aromatic N) is 2. The molecule has 6 nitrogen and oxygen atoms in total. The van der Waals surface area contributed by atoms with Gasteiger partial charge in [-0.2, -0.15) is 9.41 Å². The number of hydrogen-bond acceptors (Lipinski definition) is 4. The van der Waals surface area contributed by atoms with Gasteiger partial charge in [0.1, 0.15) is 5.82 Å². The maximum absolute atomic E-state index is 13.6. The first-order valence-corrected chi connectivity index (χ1v) is 10.5. The van der Waals surface area contributed by atoms with Gasteiger partial charge in [0.15, 0.2) is 0 Å². The van der Waals surface area contributed by atoms with E-state index in [0.29, 0.717) is 19.4 Å². The van der Waals surface area contributed by atoms with Crippen LogP contribution in [0.5, 0.6) is 0 Å². The number of piperidine rings is 1. The number of sulfonamides is 1. The zero-order valence-electron chi connectivity index (χ0n) is 15.5. The van der Waals surface area contributed by atoms with Gasteiger partial charge < -0.3 is 0 Å². The van der Waals surface area contributed by atoms with Crippen LogP contribution in [0, 0.1) is 18.7 Å². The normalized spacial score (nSPS) is 18.3. The Hall–Kier alpha value is -2.58. The topological polar surface area (TPSA) is 78.8 Å². The molecular weight excluding hydrogens is 381 g/mol. The molecule has 0 aromatic heterocycles. The third-order valence-electron chi connectivity index (χ3n) is 4.70. The minimum absolute atomic E-state index is 0.0945. The van der Waals surface area contributed by atoms with E-state index >= 15 is 0 Å². The molecule has 8 heteroatoms. The molecule has 0 unspecified atom stereocenters. The van der Waals surface area contributed by atoms with Crippen molar-refractivity contribution in [3.63, 3.8) is 0 Å². The van der Waals surface area contributed by atoms with Crippen LogP contribution in [0.3, 0.4) is 0 Å². The van der Waals surface area contributed by atoms with Crippen LogP contribution >= 0.6 is 0 Å². The molecule has 2 aromatic carbocycles. The number of carbonyl (C=O) groups excluding carboxylic acids is 1. The molecule has 1 saturated heterocycles. The Kier molecular flexibility index (Phi) is 6.21. The third-order valence-corrected chi connectivity index (χ3v) is 6.58. The molecule has 0 radical (unpaired) electrons. The van der Waals surface area contributed by atoms with E-state index in [1.54, 1.807) is 42.5 Å². The molecule has 148 valence electrons. The van der Waals surface area contributed by atoms with E-state index in [4.69, 9.17) is 0 Å². The highest BCUT2D eigenvalue weighted by Crippen LogP contribution is 2.24. The first-order valence-electron chi connectivity index (χ1n) is 9.02. The van der Waals surface area contributed by atoms with Gasteiger partial charge in [0.2, 0.25) is 15.9 Å². The average Bonchev–Trinajstić information content (AvgIpc) is 2.70. The van der Waals surface area contributed by atoms with Crippen molar-refractivity contribution in [3.8, 4) is 0 Å². The van der Waals surface area contributed by atoms with Gasteiger partial charge in [0.05, 0.1) is 17.0 Å². The molecule has 0 bridgehead atoms. The Labute approximate surface area is 164 Å². The van der Waals surface area contributed by atoms with Crippen molar-refractivity contribution in [1.82, 2.24) is 9.73 Å². The summed E-state index contributed by atoms with van der Waals surface area (Å²) in [5, 5.41) is 3.80.